The van der Waals surface area contributed by atoms with E-state index in [1.807, 2.05) is 0 Å². The molecule has 0 bridgehead atoms. The summed E-state index contributed by atoms with van der Waals surface area (Å²) in [6, 6.07) is 5.04. The molecule has 1 aromatic carbocycles. The fraction of sp³-hybridized carbons (Fsp3) is 0.579. The highest BCUT2D eigenvalue weighted by molar-refractivity contribution is 5.94. The van der Waals surface area contributed by atoms with Crippen LogP contribution in [-0.4, -0.2) is 44.4 Å². The first-order valence-electron chi connectivity index (χ1n) is 8.82. The molecule has 0 saturated heterocycles. The van der Waals surface area contributed by atoms with Gasteiger partial charge in [-0.25, -0.2) is 4.79 Å². The first-order chi connectivity index (χ1) is 12.3. The van der Waals surface area contributed by atoms with Gasteiger partial charge in [-0.1, -0.05) is 13.3 Å². The van der Waals surface area contributed by atoms with Crippen LogP contribution in [0.1, 0.15) is 50.9 Å². The molecule has 0 aromatic heterocycles. The summed E-state index contributed by atoms with van der Waals surface area (Å²) in [5, 5.41) is 5.32. The molecule has 7 heteroatoms. The van der Waals surface area contributed by atoms with Crippen molar-refractivity contribution in [2.75, 3.05) is 26.8 Å². The molecule has 7 nitrogen and oxygen atoms in total. The first kappa shape index (κ1) is 21.6. The molecule has 1 aromatic rings. The third-order valence-corrected chi connectivity index (χ3v) is 3.26. The number of benzene rings is 1. The second-order valence-electron chi connectivity index (χ2n) is 6.75. The lowest BCUT2D eigenvalue weighted by Gasteiger charge is -2.19. The Morgan fingerprint density at radius 1 is 1.08 bits per heavy atom. The molecule has 146 valence electrons. The van der Waals surface area contributed by atoms with Crippen molar-refractivity contribution in [1.29, 1.82) is 0 Å². The van der Waals surface area contributed by atoms with Crippen molar-refractivity contribution >= 4 is 12.0 Å². The smallest absolute Gasteiger partial charge is 0.407 e. The number of nitrogens with one attached hydrogen (secondary N) is 2. The Balaban J connectivity index is 2.48. The SMILES string of the molecule is CCCCOc1ccc(C(=O)NCCNC(=O)OC(C)(C)C)cc1OC. The van der Waals surface area contributed by atoms with E-state index < -0.39 is 11.7 Å². The van der Waals surface area contributed by atoms with Gasteiger partial charge in [-0.05, 0) is 45.4 Å². The average Bonchev–Trinajstić information content (AvgIpc) is 2.57. The highest BCUT2D eigenvalue weighted by Crippen LogP contribution is 2.28. The maximum atomic E-state index is 12.2. The summed E-state index contributed by atoms with van der Waals surface area (Å²) in [6.07, 6.45) is 1.48. The van der Waals surface area contributed by atoms with Crippen LogP contribution < -0.4 is 20.1 Å². The summed E-state index contributed by atoms with van der Waals surface area (Å²) in [6.45, 7) is 8.62. The molecule has 0 heterocycles. The van der Waals surface area contributed by atoms with E-state index in [0.29, 0.717) is 23.7 Å². The second-order valence-corrected chi connectivity index (χ2v) is 6.75. The maximum absolute atomic E-state index is 12.2. The quantitative estimate of drug-likeness (QED) is 0.656. The third-order valence-electron chi connectivity index (χ3n) is 3.26. The number of rotatable bonds is 9. The van der Waals surface area contributed by atoms with E-state index in [1.165, 1.54) is 7.11 Å². The molecule has 0 saturated carbocycles. The van der Waals surface area contributed by atoms with Crippen LogP contribution in [0.4, 0.5) is 4.79 Å². The number of carbonyl (C=O) groups excluding carboxylic acids is 2. The molecular weight excluding hydrogens is 336 g/mol. The molecule has 0 radical (unpaired) electrons. The van der Waals surface area contributed by atoms with Gasteiger partial charge in [0, 0.05) is 18.7 Å². The lowest BCUT2D eigenvalue weighted by atomic mass is 10.2. The van der Waals surface area contributed by atoms with E-state index in [0.717, 1.165) is 12.8 Å². The molecule has 26 heavy (non-hydrogen) atoms. The van der Waals surface area contributed by atoms with Gasteiger partial charge in [-0.3, -0.25) is 4.79 Å². The fourth-order valence-corrected chi connectivity index (χ4v) is 2.01. The van der Waals surface area contributed by atoms with Crippen molar-refractivity contribution in [2.24, 2.45) is 0 Å². The minimum atomic E-state index is -0.551. The van der Waals surface area contributed by atoms with Crippen molar-refractivity contribution in [3.63, 3.8) is 0 Å². The van der Waals surface area contributed by atoms with E-state index in [9.17, 15) is 9.59 Å². The van der Waals surface area contributed by atoms with E-state index in [1.54, 1.807) is 39.0 Å². The second kappa shape index (κ2) is 10.5. The zero-order valence-corrected chi connectivity index (χ0v) is 16.3. The zero-order chi connectivity index (χ0) is 19.6. The van der Waals surface area contributed by atoms with Crippen LogP contribution in [0.5, 0.6) is 11.5 Å². The Morgan fingerprint density at radius 2 is 1.77 bits per heavy atom. The highest BCUT2D eigenvalue weighted by atomic mass is 16.6. The van der Waals surface area contributed by atoms with Crippen LogP contribution in [0.2, 0.25) is 0 Å². The Hall–Kier alpha value is -2.44. The van der Waals surface area contributed by atoms with Crippen LogP contribution in [0.15, 0.2) is 18.2 Å². The molecule has 0 aliphatic rings. The number of ether oxygens (including phenoxy) is 3. The van der Waals surface area contributed by atoms with E-state index in [-0.39, 0.29) is 19.0 Å². The lowest BCUT2D eigenvalue weighted by molar-refractivity contribution is 0.0526. The van der Waals surface area contributed by atoms with Gasteiger partial charge in [-0.15, -0.1) is 0 Å². The van der Waals surface area contributed by atoms with Gasteiger partial charge < -0.3 is 24.8 Å². The van der Waals surface area contributed by atoms with Crippen LogP contribution in [0.3, 0.4) is 0 Å². The van der Waals surface area contributed by atoms with Gasteiger partial charge >= 0.3 is 6.09 Å². The van der Waals surface area contributed by atoms with Gasteiger partial charge in [0.1, 0.15) is 5.60 Å². The van der Waals surface area contributed by atoms with Gasteiger partial charge in [-0.2, -0.15) is 0 Å². The first-order valence-corrected chi connectivity index (χ1v) is 8.82. The van der Waals surface area contributed by atoms with Crippen molar-refractivity contribution < 1.29 is 23.8 Å². The molecule has 0 atom stereocenters. The molecule has 0 aliphatic carbocycles. The van der Waals surface area contributed by atoms with Gasteiger partial charge in [0.05, 0.1) is 13.7 Å². The predicted octanol–water partition coefficient (Wildman–Crippen LogP) is 3.13. The lowest BCUT2D eigenvalue weighted by Crippen LogP contribution is -2.37. The van der Waals surface area contributed by atoms with Crippen molar-refractivity contribution in [2.45, 2.75) is 46.1 Å². The van der Waals surface area contributed by atoms with E-state index in [4.69, 9.17) is 14.2 Å². The number of carbonyl (C=O) groups is 2. The van der Waals surface area contributed by atoms with Crippen molar-refractivity contribution in [3.8, 4) is 11.5 Å². The minimum Gasteiger partial charge on any atom is -0.493 e. The van der Waals surface area contributed by atoms with E-state index >= 15 is 0 Å². The summed E-state index contributed by atoms with van der Waals surface area (Å²) in [5.41, 5.74) is -0.0906. The summed E-state index contributed by atoms with van der Waals surface area (Å²) in [4.78, 5) is 23.7. The Labute approximate surface area is 155 Å². The summed E-state index contributed by atoms with van der Waals surface area (Å²) in [7, 11) is 1.54. The number of hydrogen-bond donors (Lipinski definition) is 2. The Morgan fingerprint density at radius 3 is 2.38 bits per heavy atom. The number of amides is 2. The molecule has 1 rings (SSSR count). The van der Waals surface area contributed by atoms with Crippen molar-refractivity contribution in [3.05, 3.63) is 23.8 Å². The molecule has 0 aliphatic heterocycles. The number of unbranched alkanes of at least 4 members (excludes halogenated alkanes) is 1. The molecular formula is C19H30N2O5. The van der Waals surface area contributed by atoms with Gasteiger partial charge in [0.15, 0.2) is 11.5 Å². The monoisotopic (exact) mass is 366 g/mol. The van der Waals surface area contributed by atoms with Crippen LogP contribution >= 0.6 is 0 Å². The number of methoxy groups -OCH3 is 1. The minimum absolute atomic E-state index is 0.255. The fourth-order valence-electron chi connectivity index (χ4n) is 2.01. The predicted molar refractivity (Wildman–Crippen MR) is 100.0 cm³/mol. The molecule has 0 spiro atoms. The molecule has 0 unspecified atom stereocenters. The topological polar surface area (TPSA) is 85.9 Å². The maximum Gasteiger partial charge on any atom is 0.407 e. The molecule has 2 N–H and O–H groups in total. The Bertz CT molecular complexity index is 596. The van der Waals surface area contributed by atoms with Crippen LogP contribution in [0, 0.1) is 0 Å². The molecule has 0 fully saturated rings. The summed E-state index contributed by atoms with van der Waals surface area (Å²) >= 11 is 0. The van der Waals surface area contributed by atoms with E-state index in [2.05, 4.69) is 17.6 Å². The van der Waals surface area contributed by atoms with Crippen molar-refractivity contribution in [1.82, 2.24) is 10.6 Å². The highest BCUT2D eigenvalue weighted by Gasteiger charge is 2.16. The summed E-state index contributed by atoms with van der Waals surface area (Å²) < 4.78 is 16.1. The zero-order valence-electron chi connectivity index (χ0n) is 16.3. The largest absolute Gasteiger partial charge is 0.493 e. The number of hydrogen-bond acceptors (Lipinski definition) is 5. The van der Waals surface area contributed by atoms with Crippen LogP contribution in [0.25, 0.3) is 0 Å². The number of alkyl carbamates (subject to hydrolysis) is 1. The normalized spacial score (nSPS) is 10.8. The van der Waals surface area contributed by atoms with Gasteiger partial charge in [0.2, 0.25) is 0 Å². The standard InChI is InChI=1S/C19H30N2O5/c1-6-7-12-25-15-9-8-14(13-16(15)24-5)17(22)20-10-11-21-18(23)26-19(2,3)4/h8-9,13H,6-7,10-12H2,1-5H3,(H,20,22)(H,21,23). The Kier molecular flexibility index (Phi) is 8.75. The summed E-state index contributed by atoms with van der Waals surface area (Å²) in [5.74, 6) is 0.874. The molecule has 2 amide bonds. The third kappa shape index (κ3) is 8.09. The average molecular weight is 366 g/mol. The van der Waals surface area contributed by atoms with Gasteiger partial charge in [0.25, 0.3) is 5.91 Å². The van der Waals surface area contributed by atoms with Crippen LogP contribution in [-0.2, 0) is 4.74 Å².